The maximum atomic E-state index is 13.4. The summed E-state index contributed by atoms with van der Waals surface area (Å²) in [5.41, 5.74) is 1.39. The van der Waals surface area contributed by atoms with Crippen LogP contribution in [0.15, 0.2) is 30.5 Å². The highest BCUT2D eigenvalue weighted by Crippen LogP contribution is 2.41. The number of hydrogen-bond acceptors (Lipinski definition) is 5. The van der Waals surface area contributed by atoms with E-state index in [1.54, 1.807) is 6.20 Å². The molecule has 1 atom stereocenters. The number of benzene rings is 1. The zero-order chi connectivity index (χ0) is 27.0. The van der Waals surface area contributed by atoms with E-state index in [1.807, 2.05) is 18.2 Å². The van der Waals surface area contributed by atoms with Gasteiger partial charge in [0.05, 0.1) is 12.7 Å². The van der Waals surface area contributed by atoms with Crippen molar-refractivity contribution in [1.29, 1.82) is 5.26 Å². The van der Waals surface area contributed by atoms with Gasteiger partial charge in [0.15, 0.2) is 11.9 Å². The first kappa shape index (κ1) is 26.6. The molecule has 1 amide bonds. The van der Waals surface area contributed by atoms with Gasteiger partial charge in [0, 0.05) is 43.7 Å². The maximum absolute atomic E-state index is 13.4. The second-order valence-electron chi connectivity index (χ2n) is 9.49. The first-order valence-corrected chi connectivity index (χ1v) is 11.9. The van der Waals surface area contributed by atoms with Gasteiger partial charge in [-0.2, -0.15) is 18.4 Å². The largest absolute Gasteiger partial charge is 0.494 e. The van der Waals surface area contributed by atoms with Crippen LogP contribution in [0.5, 0.6) is 11.5 Å². The standard InChI is InChI=1S/C26H26F5N3O3/c1-15(26(29,30)31)37-21-6-4-17(11-32)23(36-2)22(21)24(35)34-13-19(14-34)20-5-3-18(12-33-20)16-7-9-25(27,28)10-8-16/h3-6,12,15-16,19H,7-10,13-14H2,1-2H3/t15-/m0/s1. The quantitative estimate of drug-likeness (QED) is 0.446. The summed E-state index contributed by atoms with van der Waals surface area (Å²) in [6, 6.07) is 7.98. The zero-order valence-corrected chi connectivity index (χ0v) is 20.3. The third-order valence-electron chi connectivity index (χ3n) is 7.01. The second kappa shape index (κ2) is 10.1. The number of methoxy groups -OCH3 is 1. The molecular weight excluding hydrogens is 497 g/mol. The highest BCUT2D eigenvalue weighted by molar-refractivity contribution is 6.01. The number of carbonyl (C=O) groups is 1. The zero-order valence-electron chi connectivity index (χ0n) is 20.3. The molecule has 1 aromatic carbocycles. The first-order chi connectivity index (χ1) is 17.4. The average molecular weight is 524 g/mol. The summed E-state index contributed by atoms with van der Waals surface area (Å²) in [5.74, 6) is -3.75. The number of pyridine rings is 1. The van der Waals surface area contributed by atoms with Crippen molar-refractivity contribution in [3.05, 3.63) is 52.8 Å². The minimum atomic E-state index is -4.65. The number of nitrogens with zero attached hydrogens (tertiary/aromatic N) is 3. The minimum absolute atomic E-state index is 0.00679. The normalized spacial score (nSPS) is 19.0. The summed E-state index contributed by atoms with van der Waals surface area (Å²) in [6.07, 6.45) is -4.61. The van der Waals surface area contributed by atoms with Crippen LogP contribution in [0.25, 0.3) is 0 Å². The molecule has 198 valence electrons. The SMILES string of the molecule is COc1c(C#N)ccc(O[C@@H](C)C(F)(F)F)c1C(=O)N1CC(c2ccc(C3CCC(F)(F)CC3)cn2)C1. The molecule has 11 heteroatoms. The molecule has 1 aromatic heterocycles. The van der Waals surface area contributed by atoms with Gasteiger partial charge in [0.2, 0.25) is 5.92 Å². The van der Waals surface area contributed by atoms with Crippen LogP contribution in [-0.4, -0.2) is 54.2 Å². The maximum Gasteiger partial charge on any atom is 0.425 e. The van der Waals surface area contributed by atoms with Crippen molar-refractivity contribution in [2.24, 2.45) is 0 Å². The van der Waals surface area contributed by atoms with Crippen LogP contribution < -0.4 is 9.47 Å². The summed E-state index contributed by atoms with van der Waals surface area (Å²) >= 11 is 0. The number of nitriles is 1. The molecule has 0 N–H and O–H groups in total. The Kier molecular flexibility index (Phi) is 7.31. The first-order valence-electron chi connectivity index (χ1n) is 11.9. The molecule has 37 heavy (non-hydrogen) atoms. The van der Waals surface area contributed by atoms with Gasteiger partial charge in [-0.1, -0.05) is 6.07 Å². The van der Waals surface area contributed by atoms with Gasteiger partial charge in [-0.05, 0) is 49.4 Å². The highest BCUT2D eigenvalue weighted by Gasteiger charge is 2.41. The van der Waals surface area contributed by atoms with Crippen LogP contribution in [0, 0.1) is 11.3 Å². The second-order valence-corrected chi connectivity index (χ2v) is 9.49. The number of rotatable bonds is 6. The molecule has 1 aliphatic carbocycles. The molecule has 1 saturated carbocycles. The van der Waals surface area contributed by atoms with E-state index in [1.165, 1.54) is 18.1 Å². The van der Waals surface area contributed by atoms with Gasteiger partial charge in [-0.25, -0.2) is 8.78 Å². The van der Waals surface area contributed by atoms with Crippen molar-refractivity contribution >= 4 is 5.91 Å². The van der Waals surface area contributed by atoms with E-state index in [0.29, 0.717) is 12.8 Å². The van der Waals surface area contributed by atoms with Gasteiger partial charge in [-0.15, -0.1) is 0 Å². The van der Waals surface area contributed by atoms with E-state index in [0.717, 1.165) is 24.2 Å². The molecule has 6 nitrogen and oxygen atoms in total. The number of hydrogen-bond donors (Lipinski definition) is 0. The van der Waals surface area contributed by atoms with Crippen LogP contribution >= 0.6 is 0 Å². The lowest BCUT2D eigenvalue weighted by molar-refractivity contribution is -0.189. The minimum Gasteiger partial charge on any atom is -0.494 e. The van der Waals surface area contributed by atoms with Crippen molar-refractivity contribution in [2.75, 3.05) is 20.2 Å². The Balaban J connectivity index is 1.47. The van der Waals surface area contributed by atoms with Crippen LogP contribution in [-0.2, 0) is 0 Å². The predicted octanol–water partition coefficient (Wildman–Crippen LogP) is 5.82. The van der Waals surface area contributed by atoms with Gasteiger partial charge in [0.25, 0.3) is 5.91 Å². The summed E-state index contributed by atoms with van der Waals surface area (Å²) in [5, 5.41) is 9.38. The summed E-state index contributed by atoms with van der Waals surface area (Å²) in [6.45, 7) is 1.34. The van der Waals surface area contributed by atoms with Gasteiger partial charge in [-0.3, -0.25) is 9.78 Å². The Morgan fingerprint density at radius 2 is 1.84 bits per heavy atom. The van der Waals surface area contributed by atoms with Crippen molar-refractivity contribution in [1.82, 2.24) is 9.88 Å². The molecule has 2 fully saturated rings. The van der Waals surface area contributed by atoms with Crippen molar-refractivity contribution in [2.45, 2.75) is 62.6 Å². The Hall–Kier alpha value is -3.42. The van der Waals surface area contributed by atoms with E-state index < -0.39 is 24.1 Å². The van der Waals surface area contributed by atoms with Crippen molar-refractivity contribution in [3.8, 4) is 17.6 Å². The van der Waals surface area contributed by atoms with Gasteiger partial charge >= 0.3 is 6.18 Å². The van der Waals surface area contributed by atoms with Gasteiger partial charge < -0.3 is 14.4 Å². The molecule has 0 spiro atoms. The Labute approximate surface area is 211 Å². The van der Waals surface area contributed by atoms with E-state index in [-0.39, 0.29) is 60.4 Å². The summed E-state index contributed by atoms with van der Waals surface area (Å²) in [7, 11) is 1.22. The number of halogens is 5. The number of amides is 1. The Morgan fingerprint density at radius 3 is 2.38 bits per heavy atom. The van der Waals surface area contributed by atoms with Crippen molar-refractivity contribution < 1.29 is 36.2 Å². The summed E-state index contributed by atoms with van der Waals surface area (Å²) < 4.78 is 76.5. The third-order valence-corrected chi connectivity index (χ3v) is 7.01. The molecule has 2 heterocycles. The fraction of sp³-hybridized carbons (Fsp3) is 0.500. The molecule has 1 aliphatic heterocycles. The molecule has 0 bridgehead atoms. The number of alkyl halides is 5. The van der Waals surface area contributed by atoms with Gasteiger partial charge in [0.1, 0.15) is 17.4 Å². The lowest BCUT2D eigenvalue weighted by Gasteiger charge is -2.39. The van der Waals surface area contributed by atoms with Crippen LogP contribution in [0.1, 0.15) is 71.6 Å². The average Bonchev–Trinajstić information content (AvgIpc) is 2.82. The van der Waals surface area contributed by atoms with E-state index in [2.05, 4.69) is 4.98 Å². The summed E-state index contributed by atoms with van der Waals surface area (Å²) in [4.78, 5) is 19.2. The van der Waals surface area contributed by atoms with E-state index in [9.17, 15) is 32.0 Å². The molecule has 4 rings (SSSR count). The molecular formula is C26H26F5N3O3. The van der Waals surface area contributed by atoms with Crippen molar-refractivity contribution in [3.63, 3.8) is 0 Å². The fourth-order valence-corrected chi connectivity index (χ4v) is 4.69. The number of ether oxygens (including phenoxy) is 2. The van der Waals surface area contributed by atoms with E-state index in [4.69, 9.17) is 9.47 Å². The number of likely N-dealkylation sites (tertiary alicyclic amines) is 1. The molecule has 1 saturated heterocycles. The molecule has 0 unspecified atom stereocenters. The fourth-order valence-electron chi connectivity index (χ4n) is 4.69. The molecule has 2 aliphatic rings. The van der Waals surface area contributed by atoms with Crippen LogP contribution in [0.2, 0.25) is 0 Å². The Morgan fingerprint density at radius 1 is 1.16 bits per heavy atom. The van der Waals surface area contributed by atoms with E-state index >= 15 is 0 Å². The topological polar surface area (TPSA) is 75.5 Å². The molecule has 2 aromatic rings. The third kappa shape index (κ3) is 5.63. The Bertz CT molecular complexity index is 1180. The molecule has 0 radical (unpaired) electrons. The smallest absolute Gasteiger partial charge is 0.425 e. The number of carbonyl (C=O) groups excluding carboxylic acids is 1. The monoisotopic (exact) mass is 523 g/mol. The van der Waals surface area contributed by atoms with Crippen LogP contribution in [0.3, 0.4) is 0 Å². The highest BCUT2D eigenvalue weighted by atomic mass is 19.4. The lowest BCUT2D eigenvalue weighted by atomic mass is 9.82. The number of aromatic nitrogens is 1. The lowest BCUT2D eigenvalue weighted by Crippen LogP contribution is -2.49. The predicted molar refractivity (Wildman–Crippen MR) is 123 cm³/mol. The van der Waals surface area contributed by atoms with Crippen LogP contribution in [0.4, 0.5) is 22.0 Å².